The van der Waals surface area contributed by atoms with Crippen LogP contribution in [-0.4, -0.2) is 58.8 Å². The Balaban J connectivity index is 1.32. The van der Waals surface area contributed by atoms with Crippen LogP contribution in [0.3, 0.4) is 0 Å². The highest BCUT2D eigenvalue weighted by molar-refractivity contribution is 7.98. The monoisotopic (exact) mass is 461 g/mol. The van der Waals surface area contributed by atoms with E-state index in [9.17, 15) is 0 Å². The van der Waals surface area contributed by atoms with Crippen LogP contribution in [0.2, 0.25) is 5.02 Å². The fourth-order valence-corrected chi connectivity index (χ4v) is 4.80. The van der Waals surface area contributed by atoms with Crippen LogP contribution in [-0.2, 0) is 21.8 Å². The number of hydrogen-bond donors (Lipinski definition) is 0. The molecule has 1 unspecified atom stereocenters. The molecule has 0 radical (unpaired) electrons. The second kappa shape index (κ2) is 9.60. The molecule has 1 aromatic carbocycles. The van der Waals surface area contributed by atoms with Crippen molar-refractivity contribution in [2.75, 3.05) is 37.8 Å². The van der Waals surface area contributed by atoms with E-state index in [1.165, 1.54) is 0 Å². The van der Waals surface area contributed by atoms with Crippen LogP contribution in [0, 0.1) is 0 Å². The van der Waals surface area contributed by atoms with E-state index in [1.54, 1.807) is 18.0 Å². The zero-order valence-electron chi connectivity index (χ0n) is 17.1. The van der Waals surface area contributed by atoms with Crippen LogP contribution in [0.4, 0.5) is 5.95 Å². The first-order chi connectivity index (χ1) is 15.3. The van der Waals surface area contributed by atoms with Gasteiger partial charge < -0.3 is 18.8 Å². The van der Waals surface area contributed by atoms with Gasteiger partial charge in [0.1, 0.15) is 0 Å². The van der Waals surface area contributed by atoms with Gasteiger partial charge in [0.2, 0.25) is 11.8 Å². The highest BCUT2D eigenvalue weighted by Crippen LogP contribution is 2.29. The number of hydrogen-bond acceptors (Lipinski definition) is 8. The molecule has 2 fully saturated rings. The Morgan fingerprint density at radius 1 is 1.16 bits per heavy atom. The molecule has 2 aliphatic rings. The second-order valence-corrected chi connectivity index (χ2v) is 8.92. The molecule has 2 saturated heterocycles. The Labute approximate surface area is 189 Å². The maximum atomic E-state index is 6.09. The molecule has 3 aromatic rings. The topological polar surface area (TPSA) is 78.4 Å². The summed E-state index contributed by atoms with van der Waals surface area (Å²) in [5, 5.41) is 10.5. The zero-order chi connectivity index (χ0) is 21.0. The summed E-state index contributed by atoms with van der Waals surface area (Å²) in [5.41, 5.74) is 0.910. The summed E-state index contributed by atoms with van der Waals surface area (Å²) in [7, 11) is 0. The van der Waals surface area contributed by atoms with Crippen molar-refractivity contribution in [2.24, 2.45) is 0 Å². The Kier molecular flexibility index (Phi) is 6.45. The van der Waals surface area contributed by atoms with Crippen molar-refractivity contribution < 1.29 is 13.9 Å². The van der Waals surface area contributed by atoms with E-state index in [0.29, 0.717) is 35.6 Å². The summed E-state index contributed by atoms with van der Waals surface area (Å²) >= 11 is 7.66. The van der Waals surface area contributed by atoms with Gasteiger partial charge in [-0.05, 0) is 25.0 Å². The van der Waals surface area contributed by atoms with Gasteiger partial charge >= 0.3 is 0 Å². The van der Waals surface area contributed by atoms with Crippen LogP contribution in [0.25, 0.3) is 11.3 Å². The van der Waals surface area contributed by atoms with Gasteiger partial charge in [-0.25, -0.2) is 4.98 Å². The highest BCUT2D eigenvalue weighted by atomic mass is 35.5. The number of morpholine rings is 1. The average Bonchev–Trinajstić information content (AvgIpc) is 3.55. The molecule has 5 rings (SSSR count). The number of halogens is 1. The van der Waals surface area contributed by atoms with E-state index < -0.39 is 0 Å². The number of thioether (sulfide) groups is 1. The van der Waals surface area contributed by atoms with Crippen molar-refractivity contribution in [3.05, 3.63) is 41.4 Å². The predicted molar refractivity (Wildman–Crippen MR) is 119 cm³/mol. The molecular formula is C21H24ClN5O3S. The number of aromatic nitrogens is 4. The van der Waals surface area contributed by atoms with Crippen molar-refractivity contribution in [1.82, 2.24) is 19.7 Å². The van der Waals surface area contributed by atoms with E-state index in [1.807, 2.05) is 24.3 Å². The fourth-order valence-electron chi connectivity index (χ4n) is 3.82. The van der Waals surface area contributed by atoms with Crippen LogP contribution >= 0.6 is 23.4 Å². The van der Waals surface area contributed by atoms with E-state index in [0.717, 1.165) is 55.8 Å². The van der Waals surface area contributed by atoms with Crippen LogP contribution in [0.5, 0.6) is 0 Å². The van der Waals surface area contributed by atoms with Crippen LogP contribution in [0.15, 0.2) is 40.0 Å². The molecule has 0 saturated carbocycles. The molecule has 0 aliphatic carbocycles. The molecule has 31 heavy (non-hydrogen) atoms. The van der Waals surface area contributed by atoms with E-state index >= 15 is 0 Å². The normalized spacial score (nSPS) is 19.3. The molecular weight excluding hydrogens is 438 g/mol. The molecule has 2 aromatic heterocycles. The van der Waals surface area contributed by atoms with Gasteiger partial charge in [-0.15, -0.1) is 10.2 Å². The molecule has 8 nitrogen and oxygen atoms in total. The number of anilines is 1. The van der Waals surface area contributed by atoms with Crippen molar-refractivity contribution in [3.63, 3.8) is 0 Å². The lowest BCUT2D eigenvalue weighted by atomic mass is 10.2. The molecule has 0 bridgehead atoms. The summed E-state index contributed by atoms with van der Waals surface area (Å²) in [6.07, 6.45) is 4.10. The van der Waals surface area contributed by atoms with Gasteiger partial charge in [-0.1, -0.05) is 35.5 Å². The third-order valence-corrected chi connectivity index (χ3v) is 6.58. The number of benzene rings is 1. The summed E-state index contributed by atoms with van der Waals surface area (Å²) in [4.78, 5) is 6.66. The van der Waals surface area contributed by atoms with Crippen molar-refractivity contribution in [1.29, 1.82) is 0 Å². The Morgan fingerprint density at radius 2 is 2.06 bits per heavy atom. The highest BCUT2D eigenvalue weighted by Gasteiger charge is 2.25. The third-order valence-electron chi connectivity index (χ3n) is 5.39. The van der Waals surface area contributed by atoms with E-state index in [4.69, 9.17) is 25.5 Å². The summed E-state index contributed by atoms with van der Waals surface area (Å²) in [5.74, 6) is 2.79. The number of ether oxygens (including phenoxy) is 2. The van der Waals surface area contributed by atoms with E-state index in [2.05, 4.69) is 24.6 Å². The Hall–Kier alpha value is -2.07. The zero-order valence-corrected chi connectivity index (χ0v) is 18.6. The van der Waals surface area contributed by atoms with Gasteiger partial charge in [-0.2, -0.15) is 0 Å². The number of oxazole rings is 1. The van der Waals surface area contributed by atoms with Gasteiger partial charge in [0.25, 0.3) is 0 Å². The minimum Gasteiger partial charge on any atom is -0.440 e. The molecule has 0 amide bonds. The number of nitrogens with zero attached hydrogens (tertiary/aromatic N) is 5. The van der Waals surface area contributed by atoms with E-state index in [-0.39, 0.29) is 6.10 Å². The predicted octanol–water partition coefficient (Wildman–Crippen LogP) is 3.89. The summed E-state index contributed by atoms with van der Waals surface area (Å²) in [6.45, 7) is 4.62. The molecule has 2 aliphatic heterocycles. The fraction of sp³-hybridized carbons (Fsp3) is 0.476. The molecule has 1 atom stereocenters. The smallest absolute Gasteiger partial charge is 0.228 e. The van der Waals surface area contributed by atoms with Crippen LogP contribution < -0.4 is 4.90 Å². The lowest BCUT2D eigenvalue weighted by Gasteiger charge is -2.28. The van der Waals surface area contributed by atoms with Gasteiger partial charge in [0, 0.05) is 30.3 Å². The van der Waals surface area contributed by atoms with Gasteiger partial charge in [0.05, 0.1) is 37.8 Å². The van der Waals surface area contributed by atoms with Gasteiger partial charge in [-0.3, -0.25) is 4.57 Å². The van der Waals surface area contributed by atoms with Crippen molar-refractivity contribution in [3.8, 4) is 11.3 Å². The summed E-state index contributed by atoms with van der Waals surface area (Å²) < 4.78 is 19.5. The minimum absolute atomic E-state index is 0.200. The molecule has 0 spiro atoms. The Bertz CT molecular complexity index is 1010. The maximum absolute atomic E-state index is 6.09. The Morgan fingerprint density at radius 3 is 2.87 bits per heavy atom. The first kappa shape index (κ1) is 20.8. The standard InChI is InChI=1S/C21H24ClN5O3S/c22-16-4-1-3-15(11-16)18-12-23-19(30-18)14-31-21-25-24-20(26-6-9-28-10-7-26)27(21)13-17-5-2-8-29-17/h1,3-4,11-12,17H,2,5-10,13-14H2. The average molecular weight is 462 g/mol. The largest absolute Gasteiger partial charge is 0.440 e. The maximum Gasteiger partial charge on any atom is 0.228 e. The molecule has 10 heteroatoms. The first-order valence-electron chi connectivity index (χ1n) is 10.5. The molecule has 0 N–H and O–H groups in total. The third kappa shape index (κ3) is 4.90. The van der Waals surface area contributed by atoms with Gasteiger partial charge in [0.15, 0.2) is 10.9 Å². The van der Waals surface area contributed by atoms with Crippen molar-refractivity contribution >= 4 is 29.3 Å². The van der Waals surface area contributed by atoms with Crippen LogP contribution in [0.1, 0.15) is 18.7 Å². The van der Waals surface area contributed by atoms with Crippen molar-refractivity contribution in [2.45, 2.75) is 36.4 Å². The molecule has 164 valence electrons. The summed E-state index contributed by atoms with van der Waals surface area (Å²) in [6, 6.07) is 7.56. The second-order valence-electron chi connectivity index (χ2n) is 7.54. The first-order valence-corrected chi connectivity index (χ1v) is 11.8. The lowest BCUT2D eigenvalue weighted by molar-refractivity contribution is 0.0942. The minimum atomic E-state index is 0.200. The lowest BCUT2D eigenvalue weighted by Crippen LogP contribution is -2.38. The quantitative estimate of drug-likeness (QED) is 0.490. The molecule has 4 heterocycles. The SMILES string of the molecule is Clc1cccc(-c2cnc(CSc3nnc(N4CCOCC4)n3CC3CCCO3)o2)c1. The number of rotatable bonds is 7.